The number of esters is 2. The maximum absolute atomic E-state index is 12.2. The number of nitrogens with zero attached hydrogens (tertiary/aromatic N) is 1. The van der Waals surface area contributed by atoms with E-state index in [4.69, 9.17) is 14.2 Å². The van der Waals surface area contributed by atoms with Gasteiger partial charge < -0.3 is 19.1 Å². The molecule has 1 aliphatic heterocycles. The van der Waals surface area contributed by atoms with Gasteiger partial charge in [-0.3, -0.25) is 9.59 Å². The molecule has 0 aromatic heterocycles. The molecule has 26 heavy (non-hydrogen) atoms. The highest BCUT2D eigenvalue weighted by Crippen LogP contribution is 2.27. The number of carbonyl (C=O) groups excluding carboxylic acids is 3. The van der Waals surface area contributed by atoms with Crippen LogP contribution in [-0.2, 0) is 30.4 Å². The lowest BCUT2D eigenvalue weighted by Gasteiger charge is -2.21. The van der Waals surface area contributed by atoms with Gasteiger partial charge in [0.2, 0.25) is 0 Å². The van der Waals surface area contributed by atoms with Crippen molar-refractivity contribution in [3.05, 3.63) is 35.9 Å². The van der Waals surface area contributed by atoms with Crippen LogP contribution in [0.2, 0.25) is 0 Å². The highest BCUT2D eigenvalue weighted by molar-refractivity contribution is 5.95. The second-order valence-corrected chi connectivity index (χ2v) is 6.02. The maximum Gasteiger partial charge on any atom is 0.410 e. The van der Waals surface area contributed by atoms with Gasteiger partial charge >= 0.3 is 18.0 Å². The molecule has 1 aliphatic rings. The normalized spacial score (nSPS) is 16.4. The third kappa shape index (κ3) is 5.21. The quantitative estimate of drug-likeness (QED) is 0.420. The summed E-state index contributed by atoms with van der Waals surface area (Å²) in [6.07, 6.45) is 0.0609. The summed E-state index contributed by atoms with van der Waals surface area (Å²) >= 11 is 0. The molecule has 142 valence electrons. The van der Waals surface area contributed by atoms with E-state index in [1.54, 1.807) is 13.8 Å². The van der Waals surface area contributed by atoms with Gasteiger partial charge in [-0.05, 0) is 25.8 Å². The third-order valence-corrected chi connectivity index (χ3v) is 4.24. The van der Waals surface area contributed by atoms with Gasteiger partial charge in [0.15, 0.2) is 5.92 Å². The van der Waals surface area contributed by atoms with Crippen molar-refractivity contribution in [2.45, 2.75) is 26.9 Å². The van der Waals surface area contributed by atoms with Crippen LogP contribution in [0.5, 0.6) is 0 Å². The number of likely N-dealkylation sites (tertiary alicyclic amines) is 1. The van der Waals surface area contributed by atoms with Crippen molar-refractivity contribution in [3.8, 4) is 0 Å². The van der Waals surface area contributed by atoms with Gasteiger partial charge in [0.25, 0.3) is 0 Å². The van der Waals surface area contributed by atoms with Crippen LogP contribution in [0.15, 0.2) is 30.3 Å². The van der Waals surface area contributed by atoms with Crippen LogP contribution in [0.1, 0.15) is 25.8 Å². The number of ether oxygens (including phenoxy) is 3. The van der Waals surface area contributed by atoms with Gasteiger partial charge in [-0.25, -0.2) is 4.79 Å². The largest absolute Gasteiger partial charge is 0.465 e. The summed E-state index contributed by atoms with van der Waals surface area (Å²) in [5.74, 6) is -2.55. The van der Waals surface area contributed by atoms with Crippen LogP contribution < -0.4 is 0 Å². The first-order valence-electron chi connectivity index (χ1n) is 8.85. The topological polar surface area (TPSA) is 82.1 Å². The molecule has 0 aliphatic carbocycles. The molecule has 2 rings (SSSR count). The fourth-order valence-corrected chi connectivity index (χ4v) is 2.98. The van der Waals surface area contributed by atoms with E-state index in [1.165, 1.54) is 4.90 Å². The SMILES string of the molecule is CCOC(=O)C(C(=O)OCC)[C@H]1CCN(C(=O)OCc2ccccc2)C1. The molecule has 1 amide bonds. The molecule has 0 bridgehead atoms. The standard InChI is InChI=1S/C19H25NO6/c1-3-24-17(21)16(18(22)25-4-2)15-10-11-20(12-15)19(23)26-13-14-8-6-5-7-9-14/h5-9,15-16H,3-4,10-13H2,1-2H3/t15-/m0/s1. The Morgan fingerprint density at radius 3 is 2.23 bits per heavy atom. The summed E-state index contributed by atoms with van der Waals surface area (Å²) in [5, 5.41) is 0. The lowest BCUT2D eigenvalue weighted by molar-refractivity contribution is -0.164. The summed E-state index contributed by atoms with van der Waals surface area (Å²) in [5.41, 5.74) is 0.896. The van der Waals surface area contributed by atoms with Crippen LogP contribution in [0, 0.1) is 11.8 Å². The van der Waals surface area contributed by atoms with Crippen LogP contribution in [-0.4, -0.2) is 49.2 Å². The molecule has 0 N–H and O–H groups in total. The summed E-state index contributed by atoms with van der Waals surface area (Å²) in [4.78, 5) is 38.1. The van der Waals surface area contributed by atoms with E-state index in [2.05, 4.69) is 0 Å². The molecule has 7 nitrogen and oxygen atoms in total. The lowest BCUT2D eigenvalue weighted by Crippen LogP contribution is -2.37. The number of benzene rings is 1. The van der Waals surface area contributed by atoms with Crippen molar-refractivity contribution < 1.29 is 28.6 Å². The van der Waals surface area contributed by atoms with Gasteiger partial charge in [-0.15, -0.1) is 0 Å². The summed E-state index contributed by atoms with van der Waals surface area (Å²) in [6, 6.07) is 9.38. The number of carbonyl (C=O) groups is 3. The minimum absolute atomic E-state index is 0.181. The molecule has 1 saturated heterocycles. The van der Waals surface area contributed by atoms with E-state index in [0.29, 0.717) is 13.0 Å². The Hall–Kier alpha value is -2.57. The van der Waals surface area contributed by atoms with E-state index in [9.17, 15) is 14.4 Å². The molecule has 0 radical (unpaired) electrons. The monoisotopic (exact) mass is 363 g/mol. The maximum atomic E-state index is 12.2. The Balaban J connectivity index is 1.94. The molecule has 7 heteroatoms. The molecular formula is C19H25NO6. The van der Waals surface area contributed by atoms with Gasteiger partial charge in [0.05, 0.1) is 13.2 Å². The minimum atomic E-state index is -1.01. The molecule has 1 aromatic rings. The van der Waals surface area contributed by atoms with Crippen LogP contribution in [0.4, 0.5) is 4.79 Å². The van der Waals surface area contributed by atoms with Crippen molar-refractivity contribution in [1.82, 2.24) is 4.90 Å². The van der Waals surface area contributed by atoms with Gasteiger partial charge in [0, 0.05) is 19.0 Å². The highest BCUT2D eigenvalue weighted by Gasteiger charge is 2.42. The molecular weight excluding hydrogens is 338 g/mol. The zero-order chi connectivity index (χ0) is 18.9. The first kappa shape index (κ1) is 19.8. The number of amides is 1. The Morgan fingerprint density at radius 2 is 1.65 bits per heavy atom. The molecule has 1 atom stereocenters. The summed E-state index contributed by atoms with van der Waals surface area (Å²) < 4.78 is 15.3. The van der Waals surface area contributed by atoms with Gasteiger partial charge in [0.1, 0.15) is 6.61 Å². The smallest absolute Gasteiger partial charge is 0.410 e. The number of hydrogen-bond donors (Lipinski definition) is 0. The summed E-state index contributed by atoms with van der Waals surface area (Å²) in [7, 11) is 0. The molecule has 1 fully saturated rings. The fraction of sp³-hybridized carbons (Fsp3) is 0.526. The first-order chi connectivity index (χ1) is 12.6. The number of rotatable bonds is 7. The predicted octanol–water partition coefficient (Wildman–Crippen LogP) is 2.39. The van der Waals surface area contributed by atoms with Crippen LogP contribution in [0.25, 0.3) is 0 Å². The molecule has 0 saturated carbocycles. The second-order valence-electron chi connectivity index (χ2n) is 6.02. The number of hydrogen-bond acceptors (Lipinski definition) is 6. The molecule has 1 aromatic carbocycles. The zero-order valence-electron chi connectivity index (χ0n) is 15.2. The van der Waals surface area contributed by atoms with Crippen molar-refractivity contribution in [2.75, 3.05) is 26.3 Å². The Morgan fingerprint density at radius 1 is 1.04 bits per heavy atom. The van der Waals surface area contributed by atoms with Gasteiger partial charge in [-0.2, -0.15) is 0 Å². The van der Waals surface area contributed by atoms with E-state index in [0.717, 1.165) is 5.56 Å². The minimum Gasteiger partial charge on any atom is -0.465 e. The predicted molar refractivity (Wildman–Crippen MR) is 93.1 cm³/mol. The zero-order valence-corrected chi connectivity index (χ0v) is 15.2. The average molecular weight is 363 g/mol. The lowest BCUT2D eigenvalue weighted by atomic mass is 9.91. The van der Waals surface area contributed by atoms with Crippen LogP contribution >= 0.6 is 0 Å². The van der Waals surface area contributed by atoms with Crippen LogP contribution in [0.3, 0.4) is 0 Å². The molecule has 0 unspecified atom stereocenters. The van der Waals surface area contributed by atoms with E-state index in [-0.39, 0.29) is 32.3 Å². The first-order valence-corrected chi connectivity index (χ1v) is 8.85. The molecule has 0 spiro atoms. The van der Waals surface area contributed by atoms with E-state index < -0.39 is 23.9 Å². The van der Waals surface area contributed by atoms with Crippen molar-refractivity contribution in [3.63, 3.8) is 0 Å². The third-order valence-electron chi connectivity index (χ3n) is 4.24. The average Bonchev–Trinajstić information content (AvgIpc) is 3.11. The van der Waals surface area contributed by atoms with Crippen molar-refractivity contribution in [1.29, 1.82) is 0 Å². The van der Waals surface area contributed by atoms with Crippen molar-refractivity contribution in [2.24, 2.45) is 11.8 Å². The second kappa shape index (κ2) is 9.79. The Labute approximate surface area is 153 Å². The Bertz CT molecular complexity index is 600. The molecule has 1 heterocycles. The van der Waals surface area contributed by atoms with E-state index in [1.807, 2.05) is 30.3 Å². The van der Waals surface area contributed by atoms with Gasteiger partial charge in [-0.1, -0.05) is 30.3 Å². The van der Waals surface area contributed by atoms with Crippen molar-refractivity contribution >= 4 is 18.0 Å². The van der Waals surface area contributed by atoms with E-state index >= 15 is 0 Å². The highest BCUT2D eigenvalue weighted by atomic mass is 16.6. The fourth-order valence-electron chi connectivity index (χ4n) is 2.98. The summed E-state index contributed by atoms with van der Waals surface area (Å²) in [6.45, 7) is 4.60. The Kier molecular flexibility index (Phi) is 7.44.